The molecule has 4 rings (SSSR count). The number of carbonyl (C=O) groups is 2. The second kappa shape index (κ2) is 8.14. The average molecular weight is 390 g/mol. The number of hydrogen-bond acceptors (Lipinski definition) is 3. The standard InChI is InChI=1S/C23H19FN2O3/c24-17-6-10-19(11-7-17)26-15-16(14-22(26)27)23(28)25-18-8-12-21(13-9-18)29-20-4-2-1-3-5-20/h1-13,16H,14-15H2,(H,25,28)/t16-/m0/s1. The third-order valence-corrected chi connectivity index (χ3v) is 4.73. The van der Waals surface area contributed by atoms with Gasteiger partial charge in [0.2, 0.25) is 11.8 Å². The first-order valence-electron chi connectivity index (χ1n) is 9.28. The molecule has 0 radical (unpaired) electrons. The fourth-order valence-electron chi connectivity index (χ4n) is 3.23. The maximum atomic E-state index is 13.1. The molecule has 1 N–H and O–H groups in total. The molecule has 6 heteroatoms. The molecule has 0 saturated carbocycles. The maximum Gasteiger partial charge on any atom is 0.229 e. The lowest BCUT2D eigenvalue weighted by Crippen LogP contribution is -2.28. The van der Waals surface area contributed by atoms with Gasteiger partial charge in [-0.1, -0.05) is 18.2 Å². The van der Waals surface area contributed by atoms with Crippen molar-refractivity contribution in [2.75, 3.05) is 16.8 Å². The zero-order valence-electron chi connectivity index (χ0n) is 15.5. The van der Waals surface area contributed by atoms with Crippen molar-refractivity contribution >= 4 is 23.2 Å². The van der Waals surface area contributed by atoms with E-state index in [1.54, 1.807) is 36.4 Å². The van der Waals surface area contributed by atoms with Crippen LogP contribution in [0.5, 0.6) is 11.5 Å². The minimum atomic E-state index is -0.465. The van der Waals surface area contributed by atoms with E-state index in [-0.39, 0.29) is 30.6 Å². The lowest BCUT2D eigenvalue weighted by molar-refractivity contribution is -0.122. The van der Waals surface area contributed by atoms with Gasteiger partial charge >= 0.3 is 0 Å². The Kier molecular flexibility index (Phi) is 5.24. The first-order chi connectivity index (χ1) is 14.1. The van der Waals surface area contributed by atoms with Gasteiger partial charge in [-0.05, 0) is 60.7 Å². The van der Waals surface area contributed by atoms with Gasteiger partial charge < -0.3 is 15.0 Å². The number of anilines is 2. The van der Waals surface area contributed by atoms with Gasteiger partial charge in [0.1, 0.15) is 17.3 Å². The number of benzene rings is 3. The third kappa shape index (κ3) is 4.43. The number of nitrogens with one attached hydrogen (secondary N) is 1. The summed E-state index contributed by atoms with van der Waals surface area (Å²) in [6, 6.07) is 22.2. The van der Waals surface area contributed by atoms with E-state index in [1.807, 2.05) is 30.3 Å². The van der Waals surface area contributed by atoms with Crippen LogP contribution < -0.4 is 15.0 Å². The van der Waals surface area contributed by atoms with E-state index in [9.17, 15) is 14.0 Å². The van der Waals surface area contributed by atoms with Crippen LogP contribution in [0.2, 0.25) is 0 Å². The lowest BCUT2D eigenvalue weighted by atomic mass is 10.1. The monoisotopic (exact) mass is 390 g/mol. The van der Waals surface area contributed by atoms with Crippen LogP contribution in [0.25, 0.3) is 0 Å². The predicted molar refractivity (Wildman–Crippen MR) is 108 cm³/mol. The van der Waals surface area contributed by atoms with E-state index in [0.29, 0.717) is 17.1 Å². The molecule has 1 aliphatic rings. The highest BCUT2D eigenvalue weighted by Gasteiger charge is 2.35. The van der Waals surface area contributed by atoms with Crippen molar-refractivity contribution in [2.45, 2.75) is 6.42 Å². The summed E-state index contributed by atoms with van der Waals surface area (Å²) >= 11 is 0. The molecule has 1 aliphatic heterocycles. The van der Waals surface area contributed by atoms with Crippen LogP contribution in [0, 0.1) is 11.7 Å². The minimum absolute atomic E-state index is 0.123. The van der Waals surface area contributed by atoms with Crippen molar-refractivity contribution < 1.29 is 18.7 Å². The third-order valence-electron chi connectivity index (χ3n) is 4.73. The molecule has 1 fully saturated rings. The van der Waals surface area contributed by atoms with Gasteiger partial charge in [-0.2, -0.15) is 0 Å². The molecule has 1 heterocycles. The van der Waals surface area contributed by atoms with E-state index in [1.165, 1.54) is 17.0 Å². The Morgan fingerprint density at radius 2 is 1.59 bits per heavy atom. The highest BCUT2D eigenvalue weighted by molar-refractivity contribution is 6.03. The smallest absolute Gasteiger partial charge is 0.229 e. The Labute approximate surface area is 167 Å². The van der Waals surface area contributed by atoms with Crippen LogP contribution in [-0.2, 0) is 9.59 Å². The second-order valence-corrected chi connectivity index (χ2v) is 6.81. The quantitative estimate of drug-likeness (QED) is 0.692. The van der Waals surface area contributed by atoms with Gasteiger partial charge in [0, 0.05) is 24.3 Å². The molecule has 5 nitrogen and oxygen atoms in total. The number of rotatable bonds is 5. The molecule has 0 aliphatic carbocycles. The SMILES string of the molecule is O=C(Nc1ccc(Oc2ccccc2)cc1)[C@H]1CC(=O)N(c2ccc(F)cc2)C1. The molecule has 0 unspecified atom stereocenters. The lowest BCUT2D eigenvalue weighted by Gasteiger charge is -2.16. The van der Waals surface area contributed by atoms with Gasteiger partial charge in [0.25, 0.3) is 0 Å². The Bertz CT molecular complexity index is 1000. The van der Waals surface area contributed by atoms with Crippen LogP contribution in [0.1, 0.15) is 6.42 Å². The van der Waals surface area contributed by atoms with Crippen molar-refractivity contribution in [3.63, 3.8) is 0 Å². The molecule has 146 valence electrons. The van der Waals surface area contributed by atoms with Crippen LogP contribution in [-0.4, -0.2) is 18.4 Å². The normalized spacial score (nSPS) is 16.0. The molecule has 0 aromatic heterocycles. The summed E-state index contributed by atoms with van der Waals surface area (Å²) in [5.74, 6) is 0.188. The Hall–Kier alpha value is -3.67. The average Bonchev–Trinajstić information content (AvgIpc) is 3.13. The van der Waals surface area contributed by atoms with Gasteiger partial charge in [-0.25, -0.2) is 4.39 Å². The fraction of sp³-hybridized carbons (Fsp3) is 0.130. The van der Waals surface area contributed by atoms with Crippen LogP contribution in [0.4, 0.5) is 15.8 Å². The molecule has 3 aromatic rings. The first kappa shape index (κ1) is 18.7. The first-order valence-corrected chi connectivity index (χ1v) is 9.28. The largest absolute Gasteiger partial charge is 0.457 e. The zero-order chi connectivity index (χ0) is 20.2. The van der Waals surface area contributed by atoms with Crippen molar-refractivity contribution in [3.05, 3.63) is 84.7 Å². The number of ether oxygens (including phenoxy) is 1. The molecule has 1 atom stereocenters. The summed E-state index contributed by atoms with van der Waals surface area (Å²) in [6.07, 6.45) is 0.123. The van der Waals surface area contributed by atoms with E-state index in [2.05, 4.69) is 5.32 Å². The molecule has 3 aromatic carbocycles. The highest BCUT2D eigenvalue weighted by atomic mass is 19.1. The van der Waals surface area contributed by atoms with E-state index >= 15 is 0 Å². The zero-order valence-corrected chi connectivity index (χ0v) is 15.5. The van der Waals surface area contributed by atoms with Crippen molar-refractivity contribution in [1.82, 2.24) is 0 Å². The van der Waals surface area contributed by atoms with Gasteiger partial charge in [0.15, 0.2) is 0 Å². The molecule has 0 spiro atoms. The second-order valence-electron chi connectivity index (χ2n) is 6.81. The Balaban J connectivity index is 1.37. The molecule has 2 amide bonds. The van der Waals surface area contributed by atoms with Crippen LogP contribution in [0.15, 0.2) is 78.9 Å². The maximum absolute atomic E-state index is 13.1. The van der Waals surface area contributed by atoms with Crippen molar-refractivity contribution in [2.24, 2.45) is 5.92 Å². The molecular weight excluding hydrogens is 371 g/mol. The summed E-state index contributed by atoms with van der Waals surface area (Å²) in [7, 11) is 0. The van der Waals surface area contributed by atoms with E-state index in [0.717, 1.165) is 5.75 Å². The van der Waals surface area contributed by atoms with Crippen molar-refractivity contribution in [1.29, 1.82) is 0 Å². The number of halogens is 1. The molecule has 29 heavy (non-hydrogen) atoms. The predicted octanol–water partition coefficient (Wildman–Crippen LogP) is 4.61. The summed E-state index contributed by atoms with van der Waals surface area (Å²) in [5, 5.41) is 2.84. The van der Waals surface area contributed by atoms with Gasteiger partial charge in [-0.3, -0.25) is 9.59 Å². The number of para-hydroxylation sites is 1. The number of hydrogen-bond donors (Lipinski definition) is 1. The van der Waals surface area contributed by atoms with Crippen LogP contribution >= 0.6 is 0 Å². The van der Waals surface area contributed by atoms with Gasteiger partial charge in [-0.15, -0.1) is 0 Å². The summed E-state index contributed by atoms with van der Waals surface area (Å²) in [4.78, 5) is 26.4. The van der Waals surface area contributed by atoms with E-state index in [4.69, 9.17) is 4.74 Å². The molecular formula is C23H19FN2O3. The summed E-state index contributed by atoms with van der Waals surface area (Å²) in [5.41, 5.74) is 1.22. The highest BCUT2D eigenvalue weighted by Crippen LogP contribution is 2.27. The number of amides is 2. The molecule has 1 saturated heterocycles. The van der Waals surface area contributed by atoms with Crippen molar-refractivity contribution in [3.8, 4) is 11.5 Å². The molecule has 0 bridgehead atoms. The van der Waals surface area contributed by atoms with Gasteiger partial charge in [0.05, 0.1) is 5.92 Å². The number of nitrogens with zero attached hydrogens (tertiary/aromatic N) is 1. The number of carbonyl (C=O) groups excluding carboxylic acids is 2. The topological polar surface area (TPSA) is 58.6 Å². The Morgan fingerprint density at radius 1 is 0.931 bits per heavy atom. The van der Waals surface area contributed by atoms with Crippen LogP contribution in [0.3, 0.4) is 0 Å². The summed E-state index contributed by atoms with van der Waals surface area (Å²) < 4.78 is 18.8. The Morgan fingerprint density at radius 3 is 2.28 bits per heavy atom. The summed E-state index contributed by atoms with van der Waals surface area (Å²) in [6.45, 7) is 0.269. The van der Waals surface area contributed by atoms with E-state index < -0.39 is 5.92 Å². The minimum Gasteiger partial charge on any atom is -0.457 e. The fourth-order valence-corrected chi connectivity index (χ4v) is 3.23.